The van der Waals surface area contributed by atoms with Crippen LogP contribution in [0.1, 0.15) is 21.5 Å². The predicted octanol–water partition coefficient (Wildman–Crippen LogP) is 2.09. The van der Waals surface area contributed by atoms with Crippen LogP contribution < -0.4 is 16.0 Å². The fraction of sp³-hybridized carbons (Fsp3) is 0.263. The molecule has 1 amide bonds. The number of hydrogen-bond donors (Lipinski definition) is 3. The molecule has 0 aliphatic heterocycles. The maximum Gasteiger partial charge on any atom is 0.251 e. The number of aliphatic imine (C=N–C) groups is 1. The molecule has 2 aromatic carbocycles. The van der Waals surface area contributed by atoms with Crippen molar-refractivity contribution in [2.75, 3.05) is 20.6 Å². The fourth-order valence-electron chi connectivity index (χ4n) is 2.35. The van der Waals surface area contributed by atoms with E-state index in [0.717, 1.165) is 17.5 Å². The van der Waals surface area contributed by atoms with E-state index in [0.29, 0.717) is 24.6 Å². The van der Waals surface area contributed by atoms with Gasteiger partial charge < -0.3 is 16.0 Å². The number of benzene rings is 2. The Labute approximate surface area is 147 Å². The van der Waals surface area contributed by atoms with Crippen LogP contribution in [0.15, 0.2) is 53.5 Å². The van der Waals surface area contributed by atoms with E-state index in [4.69, 9.17) is 0 Å². The number of nitrogens with one attached hydrogen (secondary N) is 3. The monoisotopic (exact) mass is 342 g/mol. The first kappa shape index (κ1) is 18.4. The molecule has 0 unspecified atom stereocenters. The number of carbonyl (C=O) groups excluding carboxylic acids is 1. The van der Waals surface area contributed by atoms with Crippen LogP contribution in [0.4, 0.5) is 4.39 Å². The van der Waals surface area contributed by atoms with Crippen LogP contribution in [0.5, 0.6) is 0 Å². The van der Waals surface area contributed by atoms with Gasteiger partial charge in [-0.3, -0.25) is 9.79 Å². The molecular weight excluding hydrogens is 319 g/mol. The summed E-state index contributed by atoms with van der Waals surface area (Å²) in [5.74, 6) is 0.337. The van der Waals surface area contributed by atoms with E-state index in [1.165, 1.54) is 12.1 Å². The molecular formula is C19H23FN4O. The molecule has 0 aliphatic rings. The molecule has 0 saturated carbocycles. The predicted molar refractivity (Wildman–Crippen MR) is 98.1 cm³/mol. The van der Waals surface area contributed by atoms with Crippen molar-refractivity contribution in [3.63, 3.8) is 0 Å². The van der Waals surface area contributed by atoms with Gasteiger partial charge in [-0.25, -0.2) is 4.39 Å². The van der Waals surface area contributed by atoms with Crippen molar-refractivity contribution in [2.24, 2.45) is 4.99 Å². The molecule has 0 saturated heterocycles. The molecule has 0 spiro atoms. The highest BCUT2D eigenvalue weighted by Crippen LogP contribution is 2.05. The first-order valence-corrected chi connectivity index (χ1v) is 8.12. The Morgan fingerprint density at radius 2 is 1.84 bits per heavy atom. The lowest BCUT2D eigenvalue weighted by atomic mass is 10.1. The third-order valence-electron chi connectivity index (χ3n) is 3.72. The van der Waals surface area contributed by atoms with Crippen molar-refractivity contribution < 1.29 is 9.18 Å². The highest BCUT2D eigenvalue weighted by Gasteiger charge is 2.04. The number of guanidine groups is 1. The van der Waals surface area contributed by atoms with Crippen LogP contribution >= 0.6 is 0 Å². The van der Waals surface area contributed by atoms with Gasteiger partial charge in [-0.05, 0) is 41.8 Å². The molecule has 2 aromatic rings. The molecule has 0 bridgehead atoms. The van der Waals surface area contributed by atoms with Gasteiger partial charge in [-0.2, -0.15) is 0 Å². The van der Waals surface area contributed by atoms with E-state index in [-0.39, 0.29) is 11.7 Å². The molecule has 25 heavy (non-hydrogen) atoms. The summed E-state index contributed by atoms with van der Waals surface area (Å²) in [7, 11) is 3.31. The third-order valence-corrected chi connectivity index (χ3v) is 3.72. The number of carbonyl (C=O) groups is 1. The molecule has 2 rings (SSSR count). The van der Waals surface area contributed by atoms with Crippen molar-refractivity contribution in [1.82, 2.24) is 16.0 Å². The summed E-state index contributed by atoms with van der Waals surface area (Å²) in [6, 6.07) is 13.9. The summed E-state index contributed by atoms with van der Waals surface area (Å²) < 4.78 is 12.9. The van der Waals surface area contributed by atoms with Crippen LogP contribution in [0.3, 0.4) is 0 Å². The van der Waals surface area contributed by atoms with Gasteiger partial charge >= 0.3 is 0 Å². The standard InChI is InChI=1S/C19H23FN4O/c1-21-18(25)16-5-3-4-15(12-16)13-24-19(22-2)23-11-10-14-6-8-17(20)9-7-14/h3-9,12H,10-11,13H2,1-2H3,(H,21,25)(H2,22,23,24). The van der Waals surface area contributed by atoms with Crippen LogP contribution in [0.2, 0.25) is 0 Å². The molecule has 0 atom stereocenters. The van der Waals surface area contributed by atoms with Crippen molar-refractivity contribution in [3.05, 3.63) is 71.0 Å². The second-order valence-corrected chi connectivity index (χ2v) is 5.51. The quantitative estimate of drug-likeness (QED) is 0.556. The number of halogens is 1. The molecule has 132 valence electrons. The minimum Gasteiger partial charge on any atom is -0.356 e. The Bertz CT molecular complexity index is 728. The summed E-state index contributed by atoms with van der Waals surface area (Å²) in [6.45, 7) is 1.24. The summed E-state index contributed by atoms with van der Waals surface area (Å²) >= 11 is 0. The van der Waals surface area contributed by atoms with Crippen LogP contribution in [-0.4, -0.2) is 32.5 Å². The minimum atomic E-state index is -0.229. The SMILES string of the molecule is CN=C(NCCc1ccc(F)cc1)NCc1cccc(C(=O)NC)c1. The highest BCUT2D eigenvalue weighted by atomic mass is 19.1. The fourth-order valence-corrected chi connectivity index (χ4v) is 2.35. The molecule has 0 aliphatic carbocycles. The van der Waals surface area contributed by atoms with Crippen molar-refractivity contribution in [2.45, 2.75) is 13.0 Å². The summed E-state index contributed by atoms with van der Waals surface area (Å²) in [6.07, 6.45) is 0.771. The zero-order valence-electron chi connectivity index (χ0n) is 14.5. The van der Waals surface area contributed by atoms with Crippen LogP contribution in [0.25, 0.3) is 0 Å². The van der Waals surface area contributed by atoms with Gasteiger partial charge in [0.1, 0.15) is 5.82 Å². The van der Waals surface area contributed by atoms with E-state index >= 15 is 0 Å². The Hall–Kier alpha value is -2.89. The second kappa shape index (κ2) is 9.42. The summed E-state index contributed by atoms with van der Waals surface area (Å²) in [5.41, 5.74) is 2.67. The van der Waals surface area contributed by atoms with Gasteiger partial charge in [0, 0.05) is 32.7 Å². The second-order valence-electron chi connectivity index (χ2n) is 5.51. The first-order chi connectivity index (χ1) is 12.1. The van der Waals surface area contributed by atoms with Gasteiger partial charge in [0.25, 0.3) is 5.91 Å². The Morgan fingerprint density at radius 3 is 2.52 bits per heavy atom. The number of rotatable bonds is 6. The van der Waals surface area contributed by atoms with E-state index in [1.54, 1.807) is 32.3 Å². The smallest absolute Gasteiger partial charge is 0.251 e. The molecule has 6 heteroatoms. The lowest BCUT2D eigenvalue weighted by molar-refractivity contribution is 0.0963. The normalized spacial score (nSPS) is 11.1. The molecule has 3 N–H and O–H groups in total. The first-order valence-electron chi connectivity index (χ1n) is 8.12. The number of amides is 1. The maximum absolute atomic E-state index is 12.9. The third kappa shape index (κ3) is 5.91. The van der Waals surface area contributed by atoms with Gasteiger partial charge in [0.15, 0.2) is 5.96 Å². The maximum atomic E-state index is 12.9. The topological polar surface area (TPSA) is 65.5 Å². The summed E-state index contributed by atoms with van der Waals surface area (Å²) in [5, 5.41) is 9.04. The number of hydrogen-bond acceptors (Lipinski definition) is 2. The van der Waals surface area contributed by atoms with E-state index in [2.05, 4.69) is 20.9 Å². The van der Waals surface area contributed by atoms with Gasteiger partial charge in [0.05, 0.1) is 0 Å². The van der Waals surface area contributed by atoms with E-state index in [1.807, 2.05) is 18.2 Å². The van der Waals surface area contributed by atoms with Crippen molar-refractivity contribution in [3.8, 4) is 0 Å². The average molecular weight is 342 g/mol. The largest absolute Gasteiger partial charge is 0.356 e. The zero-order chi connectivity index (χ0) is 18.1. The lowest BCUT2D eigenvalue weighted by Gasteiger charge is -2.12. The Kier molecular flexibility index (Phi) is 6.95. The minimum absolute atomic E-state index is 0.108. The van der Waals surface area contributed by atoms with Gasteiger partial charge in [-0.1, -0.05) is 24.3 Å². The summed E-state index contributed by atoms with van der Waals surface area (Å²) in [4.78, 5) is 15.8. The Morgan fingerprint density at radius 1 is 1.08 bits per heavy atom. The average Bonchev–Trinajstić information content (AvgIpc) is 2.65. The molecule has 0 radical (unpaired) electrons. The van der Waals surface area contributed by atoms with E-state index < -0.39 is 0 Å². The van der Waals surface area contributed by atoms with Gasteiger partial charge in [-0.15, -0.1) is 0 Å². The van der Waals surface area contributed by atoms with Crippen LogP contribution in [0, 0.1) is 5.82 Å². The highest BCUT2D eigenvalue weighted by molar-refractivity contribution is 5.94. The molecule has 0 heterocycles. The van der Waals surface area contributed by atoms with Crippen molar-refractivity contribution in [1.29, 1.82) is 0 Å². The lowest BCUT2D eigenvalue weighted by Crippen LogP contribution is -2.37. The Balaban J connectivity index is 1.82. The van der Waals surface area contributed by atoms with E-state index in [9.17, 15) is 9.18 Å². The molecule has 0 aromatic heterocycles. The zero-order valence-corrected chi connectivity index (χ0v) is 14.5. The van der Waals surface area contributed by atoms with Crippen molar-refractivity contribution >= 4 is 11.9 Å². The number of nitrogens with zero attached hydrogens (tertiary/aromatic N) is 1. The van der Waals surface area contributed by atoms with Gasteiger partial charge in [0.2, 0.25) is 0 Å². The molecule has 0 fully saturated rings. The molecule has 5 nitrogen and oxygen atoms in total. The van der Waals surface area contributed by atoms with Crippen LogP contribution in [-0.2, 0) is 13.0 Å².